The quantitative estimate of drug-likeness (QED) is 0.588. The first-order valence-corrected chi connectivity index (χ1v) is 9.10. The second-order valence-electron chi connectivity index (χ2n) is 5.20. The summed E-state index contributed by atoms with van der Waals surface area (Å²) in [7, 11) is 1.88. The van der Waals surface area contributed by atoms with Gasteiger partial charge >= 0.3 is 0 Å². The molecule has 0 saturated carbocycles. The summed E-state index contributed by atoms with van der Waals surface area (Å²) in [5, 5.41) is 3.25. The van der Waals surface area contributed by atoms with Crippen LogP contribution in [0, 0.1) is 0 Å². The maximum Gasteiger partial charge on any atom is 0.192 e. The molecule has 0 radical (unpaired) electrons. The third-order valence-corrected chi connectivity index (χ3v) is 7.97. The zero-order chi connectivity index (χ0) is 12.8. The Morgan fingerprint density at radius 3 is 2.31 bits per heavy atom. The Hall–Kier alpha value is 0.0269. The highest BCUT2D eigenvalue weighted by atomic mass is 32.2. The van der Waals surface area contributed by atoms with E-state index in [9.17, 15) is 0 Å². The first kappa shape index (κ1) is 16.0. The molecule has 1 N–H and O–H groups in total. The van der Waals surface area contributed by atoms with Gasteiger partial charge in [-0.15, -0.1) is 0 Å². The summed E-state index contributed by atoms with van der Waals surface area (Å²) in [6.07, 6.45) is 1.92. The van der Waals surface area contributed by atoms with Gasteiger partial charge in [-0.3, -0.25) is 0 Å². The standard InChI is InChI=1S/C11H25NO2SSi/c1-11(2,3)16(6,7)14-9-10(8-12-4)15-13-5/h8,12H,9H2,1-7H3/b10-8-. The van der Waals surface area contributed by atoms with Gasteiger partial charge in [-0.1, -0.05) is 20.8 Å². The van der Waals surface area contributed by atoms with Crippen molar-refractivity contribution >= 4 is 20.4 Å². The van der Waals surface area contributed by atoms with Crippen LogP contribution >= 0.6 is 12.0 Å². The van der Waals surface area contributed by atoms with Crippen LogP contribution in [0.4, 0.5) is 0 Å². The van der Waals surface area contributed by atoms with Crippen molar-refractivity contribution in [1.29, 1.82) is 0 Å². The van der Waals surface area contributed by atoms with E-state index in [1.807, 2.05) is 13.2 Å². The predicted octanol–water partition coefficient (Wildman–Crippen LogP) is 3.36. The van der Waals surface area contributed by atoms with E-state index in [-0.39, 0.29) is 5.04 Å². The number of hydrogen-bond donors (Lipinski definition) is 1. The van der Waals surface area contributed by atoms with Crippen molar-refractivity contribution in [3.05, 3.63) is 11.1 Å². The van der Waals surface area contributed by atoms with Gasteiger partial charge in [0.25, 0.3) is 0 Å². The molecule has 0 aliphatic rings. The molecule has 0 fully saturated rings. The molecule has 5 heteroatoms. The summed E-state index contributed by atoms with van der Waals surface area (Å²) in [4.78, 5) is 1.06. The second-order valence-corrected chi connectivity index (χ2v) is 11.0. The van der Waals surface area contributed by atoms with Gasteiger partial charge < -0.3 is 13.9 Å². The van der Waals surface area contributed by atoms with Crippen LogP contribution in [0.5, 0.6) is 0 Å². The van der Waals surface area contributed by atoms with Crippen molar-refractivity contribution in [3.63, 3.8) is 0 Å². The van der Waals surface area contributed by atoms with Gasteiger partial charge in [0.15, 0.2) is 8.32 Å². The topological polar surface area (TPSA) is 30.5 Å². The molecule has 0 atom stereocenters. The molecule has 0 aromatic heterocycles. The van der Waals surface area contributed by atoms with Crippen molar-refractivity contribution in [3.8, 4) is 0 Å². The van der Waals surface area contributed by atoms with Crippen LogP contribution in [0.1, 0.15) is 20.8 Å². The van der Waals surface area contributed by atoms with Crippen molar-refractivity contribution in [2.45, 2.75) is 38.9 Å². The molecule has 96 valence electrons. The third-order valence-electron chi connectivity index (χ3n) is 2.88. The molecule has 0 aliphatic carbocycles. The van der Waals surface area contributed by atoms with Crippen LogP contribution in [0.25, 0.3) is 0 Å². The Labute approximate surface area is 105 Å². The minimum atomic E-state index is -1.66. The molecule has 0 aromatic carbocycles. The van der Waals surface area contributed by atoms with Crippen LogP contribution < -0.4 is 5.32 Å². The monoisotopic (exact) mass is 263 g/mol. The van der Waals surface area contributed by atoms with E-state index < -0.39 is 8.32 Å². The first-order valence-electron chi connectivity index (χ1n) is 5.45. The SMILES string of the molecule is CN/C=C(/CO[Si](C)(C)C(C)(C)C)SOC. The fourth-order valence-corrected chi connectivity index (χ4v) is 2.37. The highest BCUT2D eigenvalue weighted by Crippen LogP contribution is 2.37. The van der Waals surface area contributed by atoms with Gasteiger partial charge in [-0.2, -0.15) is 0 Å². The van der Waals surface area contributed by atoms with E-state index in [4.69, 9.17) is 8.61 Å². The maximum absolute atomic E-state index is 6.09. The molecule has 0 bridgehead atoms. The van der Waals surface area contributed by atoms with Gasteiger partial charge in [0.2, 0.25) is 0 Å². The molecule has 3 nitrogen and oxygen atoms in total. The smallest absolute Gasteiger partial charge is 0.192 e. The second kappa shape index (κ2) is 6.69. The lowest BCUT2D eigenvalue weighted by Gasteiger charge is -2.36. The Morgan fingerprint density at radius 1 is 1.38 bits per heavy atom. The highest BCUT2D eigenvalue weighted by Gasteiger charge is 2.37. The van der Waals surface area contributed by atoms with E-state index >= 15 is 0 Å². The van der Waals surface area contributed by atoms with Gasteiger partial charge in [-0.25, -0.2) is 0 Å². The lowest BCUT2D eigenvalue weighted by molar-refractivity contribution is 0.323. The van der Waals surface area contributed by atoms with E-state index in [2.05, 4.69) is 39.2 Å². The van der Waals surface area contributed by atoms with Crippen molar-refractivity contribution < 1.29 is 8.61 Å². The minimum absolute atomic E-state index is 0.246. The average Bonchev–Trinajstić information content (AvgIpc) is 2.13. The van der Waals surface area contributed by atoms with Crippen LogP contribution in [0.15, 0.2) is 11.1 Å². The van der Waals surface area contributed by atoms with E-state index in [1.54, 1.807) is 7.11 Å². The molecule has 0 spiro atoms. The van der Waals surface area contributed by atoms with Gasteiger partial charge in [0.1, 0.15) is 0 Å². The molecule has 0 aliphatic heterocycles. The Morgan fingerprint density at radius 2 is 1.94 bits per heavy atom. The van der Waals surface area contributed by atoms with Crippen molar-refractivity contribution in [2.75, 3.05) is 20.8 Å². The Balaban J connectivity index is 4.36. The normalized spacial score (nSPS) is 14.1. The summed E-state index contributed by atoms with van der Waals surface area (Å²) in [5.74, 6) is 0. The van der Waals surface area contributed by atoms with E-state index in [0.717, 1.165) is 4.91 Å². The molecular formula is C11H25NO2SSi. The predicted molar refractivity (Wildman–Crippen MR) is 74.9 cm³/mol. The molecule has 0 aromatic rings. The molecule has 0 rings (SSSR count). The molecule has 0 unspecified atom stereocenters. The van der Waals surface area contributed by atoms with Crippen molar-refractivity contribution in [1.82, 2.24) is 5.32 Å². The Kier molecular flexibility index (Phi) is 6.70. The first-order chi connectivity index (χ1) is 7.24. The summed E-state index contributed by atoms with van der Waals surface area (Å²) in [6, 6.07) is 0. The lowest BCUT2D eigenvalue weighted by Crippen LogP contribution is -2.41. The molecule has 0 saturated heterocycles. The molecule has 0 amide bonds. The summed E-state index contributed by atoms with van der Waals surface area (Å²) < 4.78 is 11.1. The van der Waals surface area contributed by atoms with Crippen LogP contribution in [-0.2, 0) is 8.61 Å². The summed E-state index contributed by atoms with van der Waals surface area (Å²) in [5.41, 5.74) is 0. The van der Waals surface area contributed by atoms with Crippen LogP contribution in [-0.4, -0.2) is 29.1 Å². The number of rotatable bonds is 6. The largest absolute Gasteiger partial charge is 0.412 e. The van der Waals surface area contributed by atoms with E-state index in [1.165, 1.54) is 12.0 Å². The number of hydrogen-bond acceptors (Lipinski definition) is 4. The van der Waals surface area contributed by atoms with Gasteiger partial charge in [-0.05, 0) is 18.1 Å². The van der Waals surface area contributed by atoms with Crippen LogP contribution in [0.2, 0.25) is 18.1 Å². The molecule has 0 heterocycles. The zero-order valence-electron chi connectivity index (χ0n) is 11.5. The molecular weight excluding hydrogens is 238 g/mol. The zero-order valence-corrected chi connectivity index (χ0v) is 13.3. The third kappa shape index (κ3) is 5.38. The summed E-state index contributed by atoms with van der Waals surface area (Å²) in [6.45, 7) is 11.8. The fraction of sp³-hybridized carbons (Fsp3) is 0.818. The average molecular weight is 263 g/mol. The number of nitrogens with one attached hydrogen (secondary N) is 1. The van der Waals surface area contributed by atoms with Crippen LogP contribution in [0.3, 0.4) is 0 Å². The lowest BCUT2D eigenvalue weighted by atomic mass is 10.2. The summed E-state index contributed by atoms with van der Waals surface area (Å²) >= 11 is 1.35. The van der Waals surface area contributed by atoms with E-state index in [0.29, 0.717) is 6.61 Å². The Bertz CT molecular complexity index is 237. The fourth-order valence-electron chi connectivity index (χ4n) is 0.826. The van der Waals surface area contributed by atoms with Crippen molar-refractivity contribution in [2.24, 2.45) is 0 Å². The minimum Gasteiger partial charge on any atom is -0.412 e. The van der Waals surface area contributed by atoms with Gasteiger partial charge in [0, 0.05) is 25.3 Å². The molecule has 16 heavy (non-hydrogen) atoms. The highest BCUT2D eigenvalue weighted by molar-refractivity contribution is 7.98. The van der Waals surface area contributed by atoms with Gasteiger partial charge in [0.05, 0.1) is 18.6 Å². The maximum atomic E-state index is 6.09.